The van der Waals surface area contributed by atoms with Crippen LogP contribution in [0.15, 0.2) is 12.5 Å². The Morgan fingerprint density at radius 2 is 2.21 bits per heavy atom. The van der Waals surface area contributed by atoms with Crippen molar-refractivity contribution in [1.29, 1.82) is 5.26 Å². The Labute approximate surface area is 116 Å². The summed E-state index contributed by atoms with van der Waals surface area (Å²) >= 11 is 0. The summed E-state index contributed by atoms with van der Waals surface area (Å²) in [5.74, 6) is 0. The predicted octanol–water partition coefficient (Wildman–Crippen LogP) is 2.76. The van der Waals surface area contributed by atoms with E-state index in [0.717, 1.165) is 51.0 Å². The normalized spacial score (nSPS) is 11.5. The number of nitrogens with one attached hydrogen (secondary N) is 1. The number of unbranched alkanes of at least 4 members (excludes halogenated alkanes) is 1. The highest BCUT2D eigenvalue weighted by atomic mass is 15.0. The molecular weight excluding hydrogens is 236 g/mol. The molecule has 0 radical (unpaired) electrons. The van der Waals surface area contributed by atoms with Crippen molar-refractivity contribution in [2.45, 2.75) is 53.0 Å². The van der Waals surface area contributed by atoms with E-state index in [1.54, 1.807) is 0 Å². The average molecular weight is 262 g/mol. The van der Waals surface area contributed by atoms with Crippen LogP contribution < -0.4 is 5.32 Å². The van der Waals surface area contributed by atoms with Gasteiger partial charge in [0.25, 0.3) is 0 Å². The van der Waals surface area contributed by atoms with Gasteiger partial charge in [-0.05, 0) is 33.2 Å². The lowest BCUT2D eigenvalue weighted by molar-refractivity contribution is 0.417. The molecule has 106 valence electrons. The largest absolute Gasteiger partial charge is 0.337 e. The van der Waals surface area contributed by atoms with E-state index in [0.29, 0.717) is 0 Å². The zero-order chi connectivity index (χ0) is 14.1. The molecule has 1 aromatic rings. The van der Waals surface area contributed by atoms with E-state index in [4.69, 9.17) is 5.26 Å². The highest BCUT2D eigenvalue weighted by molar-refractivity contribution is 4.97. The van der Waals surface area contributed by atoms with Crippen LogP contribution in [-0.4, -0.2) is 22.6 Å². The predicted molar refractivity (Wildman–Crippen MR) is 77.7 cm³/mol. The van der Waals surface area contributed by atoms with E-state index in [1.807, 2.05) is 20.2 Å². The minimum atomic E-state index is -0.189. The Morgan fingerprint density at radius 1 is 1.42 bits per heavy atom. The molecule has 0 saturated heterocycles. The molecule has 0 unspecified atom stereocenters. The van der Waals surface area contributed by atoms with E-state index in [1.165, 1.54) is 0 Å². The van der Waals surface area contributed by atoms with Crippen molar-refractivity contribution in [3.63, 3.8) is 0 Å². The first kappa shape index (κ1) is 15.7. The molecular formula is C15H26N4. The molecule has 0 fully saturated rings. The van der Waals surface area contributed by atoms with Crippen LogP contribution in [0.2, 0.25) is 0 Å². The van der Waals surface area contributed by atoms with Crippen LogP contribution in [0.4, 0.5) is 0 Å². The molecule has 4 nitrogen and oxygen atoms in total. The molecule has 4 heteroatoms. The van der Waals surface area contributed by atoms with Crippen molar-refractivity contribution in [2.24, 2.45) is 5.41 Å². The Balaban J connectivity index is 2.22. The van der Waals surface area contributed by atoms with Crippen molar-refractivity contribution < 1.29 is 0 Å². The topological polar surface area (TPSA) is 53.6 Å². The number of nitriles is 1. The lowest BCUT2D eigenvalue weighted by Crippen LogP contribution is -2.16. The van der Waals surface area contributed by atoms with Crippen molar-refractivity contribution in [3.8, 4) is 6.07 Å². The van der Waals surface area contributed by atoms with Gasteiger partial charge in [0.2, 0.25) is 0 Å². The number of aromatic nitrogens is 2. The lowest BCUT2D eigenvalue weighted by Gasteiger charge is -2.14. The summed E-state index contributed by atoms with van der Waals surface area (Å²) in [6, 6.07) is 2.35. The van der Waals surface area contributed by atoms with E-state index in [9.17, 15) is 0 Å². The van der Waals surface area contributed by atoms with Gasteiger partial charge in [-0.1, -0.05) is 13.3 Å². The molecule has 0 atom stereocenters. The smallest absolute Gasteiger partial charge is 0.0949 e. The first-order chi connectivity index (χ1) is 9.07. The molecule has 1 aromatic heterocycles. The first-order valence-electron chi connectivity index (χ1n) is 7.20. The summed E-state index contributed by atoms with van der Waals surface area (Å²) in [7, 11) is 0. The average Bonchev–Trinajstić information content (AvgIpc) is 2.83. The van der Waals surface area contributed by atoms with Gasteiger partial charge < -0.3 is 9.88 Å². The van der Waals surface area contributed by atoms with Gasteiger partial charge in [-0.15, -0.1) is 0 Å². The molecule has 1 N–H and O–H groups in total. The van der Waals surface area contributed by atoms with Gasteiger partial charge in [-0.2, -0.15) is 5.26 Å². The van der Waals surface area contributed by atoms with Crippen LogP contribution in [0.5, 0.6) is 0 Å². The summed E-state index contributed by atoms with van der Waals surface area (Å²) < 4.78 is 2.15. The maximum atomic E-state index is 8.95. The van der Waals surface area contributed by atoms with Crippen molar-refractivity contribution in [3.05, 3.63) is 18.2 Å². The molecule has 0 spiro atoms. The van der Waals surface area contributed by atoms with E-state index in [-0.39, 0.29) is 5.41 Å². The summed E-state index contributed by atoms with van der Waals surface area (Å²) in [6.07, 6.45) is 8.19. The summed E-state index contributed by atoms with van der Waals surface area (Å²) in [4.78, 5) is 4.40. The van der Waals surface area contributed by atoms with Gasteiger partial charge in [0.05, 0.1) is 23.5 Å². The van der Waals surface area contributed by atoms with E-state index in [2.05, 4.69) is 34.1 Å². The zero-order valence-corrected chi connectivity index (χ0v) is 12.4. The third-order valence-corrected chi connectivity index (χ3v) is 3.27. The Kier molecular flexibility index (Phi) is 6.58. The van der Waals surface area contributed by atoms with E-state index < -0.39 is 0 Å². The SMILES string of the molecule is CCNCCc1cn(CCCCC(C)(C)C#N)cn1. The zero-order valence-electron chi connectivity index (χ0n) is 12.4. The van der Waals surface area contributed by atoms with Crippen LogP contribution >= 0.6 is 0 Å². The molecule has 1 heterocycles. The molecule has 0 aliphatic heterocycles. The van der Waals surface area contributed by atoms with Gasteiger partial charge in [0.1, 0.15) is 0 Å². The molecule has 0 aromatic carbocycles. The van der Waals surface area contributed by atoms with Crippen molar-refractivity contribution in [2.75, 3.05) is 13.1 Å². The van der Waals surface area contributed by atoms with Crippen LogP contribution in [0, 0.1) is 16.7 Å². The molecule has 1 rings (SSSR count). The summed E-state index contributed by atoms with van der Waals surface area (Å²) in [6.45, 7) is 9.11. The number of hydrogen-bond donors (Lipinski definition) is 1. The molecule has 19 heavy (non-hydrogen) atoms. The van der Waals surface area contributed by atoms with Crippen LogP contribution in [0.3, 0.4) is 0 Å². The Hall–Kier alpha value is -1.34. The number of likely N-dealkylation sites (N-methyl/N-ethyl adjacent to an activating group) is 1. The molecule has 0 aliphatic carbocycles. The standard InChI is InChI=1S/C15H26N4/c1-4-17-9-7-14-11-19(13-18-14)10-6-5-8-15(2,3)12-16/h11,13,17H,4-10H2,1-3H3. The second-order valence-corrected chi connectivity index (χ2v) is 5.66. The molecule has 0 aliphatic rings. The maximum Gasteiger partial charge on any atom is 0.0949 e. The van der Waals surface area contributed by atoms with Crippen molar-refractivity contribution in [1.82, 2.24) is 14.9 Å². The third kappa shape index (κ3) is 6.40. The fraction of sp³-hybridized carbons (Fsp3) is 0.733. The first-order valence-corrected chi connectivity index (χ1v) is 7.20. The number of rotatable bonds is 9. The third-order valence-electron chi connectivity index (χ3n) is 3.27. The fourth-order valence-corrected chi connectivity index (χ4v) is 1.97. The summed E-state index contributed by atoms with van der Waals surface area (Å²) in [5, 5.41) is 12.2. The van der Waals surface area contributed by atoms with Gasteiger partial charge in [-0.25, -0.2) is 4.98 Å². The minimum Gasteiger partial charge on any atom is -0.337 e. The Morgan fingerprint density at radius 3 is 2.89 bits per heavy atom. The van der Waals surface area contributed by atoms with Gasteiger partial charge in [0.15, 0.2) is 0 Å². The van der Waals surface area contributed by atoms with Gasteiger partial charge in [0, 0.05) is 25.7 Å². The van der Waals surface area contributed by atoms with Gasteiger partial charge >= 0.3 is 0 Å². The van der Waals surface area contributed by atoms with Crippen LogP contribution in [-0.2, 0) is 13.0 Å². The van der Waals surface area contributed by atoms with Crippen LogP contribution in [0.1, 0.15) is 45.7 Å². The van der Waals surface area contributed by atoms with Crippen molar-refractivity contribution >= 4 is 0 Å². The second kappa shape index (κ2) is 7.96. The van der Waals surface area contributed by atoms with Gasteiger partial charge in [-0.3, -0.25) is 0 Å². The lowest BCUT2D eigenvalue weighted by atomic mass is 9.89. The monoisotopic (exact) mass is 262 g/mol. The Bertz CT molecular complexity index is 401. The molecule has 0 bridgehead atoms. The number of hydrogen-bond acceptors (Lipinski definition) is 3. The summed E-state index contributed by atoms with van der Waals surface area (Å²) in [5.41, 5.74) is 0.963. The number of aryl methyl sites for hydroxylation is 1. The molecule has 0 saturated carbocycles. The minimum absolute atomic E-state index is 0.189. The quantitative estimate of drug-likeness (QED) is 0.696. The highest BCUT2D eigenvalue weighted by Crippen LogP contribution is 2.21. The highest BCUT2D eigenvalue weighted by Gasteiger charge is 2.15. The maximum absolute atomic E-state index is 8.95. The van der Waals surface area contributed by atoms with E-state index >= 15 is 0 Å². The second-order valence-electron chi connectivity index (χ2n) is 5.66. The number of nitrogens with zero attached hydrogens (tertiary/aromatic N) is 3. The number of imidazole rings is 1. The fourth-order valence-electron chi connectivity index (χ4n) is 1.97. The van der Waals surface area contributed by atoms with Crippen LogP contribution in [0.25, 0.3) is 0 Å². The molecule has 0 amide bonds.